The molecule has 6 heteroatoms. The van der Waals surface area contributed by atoms with Gasteiger partial charge < -0.3 is 16.4 Å². The van der Waals surface area contributed by atoms with E-state index in [0.717, 1.165) is 0 Å². The molecule has 0 bridgehead atoms. The molecule has 4 N–H and O–H groups in total. The summed E-state index contributed by atoms with van der Waals surface area (Å²) in [5, 5.41) is 6.11. The Bertz CT molecular complexity index is 437. The number of nitrogens with one attached hydrogen (secondary N) is 2. The molecule has 0 unspecified atom stereocenters. The van der Waals surface area contributed by atoms with Crippen molar-refractivity contribution in [2.45, 2.75) is 6.92 Å². The van der Waals surface area contributed by atoms with Crippen molar-refractivity contribution in [3.63, 3.8) is 0 Å². The highest BCUT2D eigenvalue weighted by Gasteiger charge is 2.10. The van der Waals surface area contributed by atoms with Crippen LogP contribution in [0.4, 0.5) is 5.69 Å². The van der Waals surface area contributed by atoms with E-state index < -0.39 is 0 Å². The van der Waals surface area contributed by atoms with E-state index in [2.05, 4.69) is 10.6 Å². The van der Waals surface area contributed by atoms with Gasteiger partial charge in [-0.3, -0.25) is 4.79 Å². The van der Waals surface area contributed by atoms with Crippen LogP contribution >= 0.6 is 23.8 Å². The van der Waals surface area contributed by atoms with E-state index in [1.165, 1.54) is 0 Å². The monoisotopic (exact) mass is 271 g/mol. The van der Waals surface area contributed by atoms with Crippen LogP contribution in [-0.2, 0) is 4.79 Å². The van der Waals surface area contributed by atoms with Gasteiger partial charge in [-0.15, -0.1) is 0 Å². The third kappa shape index (κ3) is 3.87. The van der Waals surface area contributed by atoms with Gasteiger partial charge in [-0.1, -0.05) is 29.9 Å². The van der Waals surface area contributed by atoms with Crippen LogP contribution in [0.25, 0.3) is 0 Å². The number of amides is 1. The molecule has 0 radical (unpaired) electrons. The van der Waals surface area contributed by atoms with Crippen LogP contribution in [0.2, 0.25) is 5.02 Å². The van der Waals surface area contributed by atoms with Gasteiger partial charge in [0.25, 0.3) is 0 Å². The zero-order valence-corrected chi connectivity index (χ0v) is 11.0. The molecule has 0 spiro atoms. The Labute approximate surface area is 111 Å². The molecule has 0 aliphatic heterocycles. The van der Waals surface area contributed by atoms with Gasteiger partial charge in [0.1, 0.15) is 4.99 Å². The lowest BCUT2D eigenvalue weighted by molar-refractivity contribution is -0.119. The molecule has 0 aromatic heterocycles. The lowest BCUT2D eigenvalue weighted by atomic mass is 10.1. The highest BCUT2D eigenvalue weighted by Crippen LogP contribution is 2.23. The first-order valence-corrected chi connectivity index (χ1v) is 5.93. The van der Waals surface area contributed by atoms with Crippen LogP contribution in [-0.4, -0.2) is 24.0 Å². The van der Waals surface area contributed by atoms with Crippen LogP contribution in [0.3, 0.4) is 0 Å². The summed E-state index contributed by atoms with van der Waals surface area (Å²) in [6.45, 7) is 2.61. The van der Waals surface area contributed by atoms with Crippen molar-refractivity contribution in [1.82, 2.24) is 5.32 Å². The lowest BCUT2D eigenvalue weighted by Crippen LogP contribution is -2.30. The number of halogens is 1. The van der Waals surface area contributed by atoms with Crippen molar-refractivity contribution in [3.05, 3.63) is 28.8 Å². The van der Waals surface area contributed by atoms with Gasteiger partial charge in [0, 0.05) is 12.2 Å². The van der Waals surface area contributed by atoms with Crippen LogP contribution in [0.1, 0.15) is 12.5 Å². The van der Waals surface area contributed by atoms with Crippen molar-refractivity contribution in [2.24, 2.45) is 5.73 Å². The maximum absolute atomic E-state index is 11.3. The van der Waals surface area contributed by atoms with Crippen molar-refractivity contribution in [3.8, 4) is 0 Å². The molecule has 0 aliphatic rings. The second-order valence-corrected chi connectivity index (χ2v) is 4.18. The third-order valence-corrected chi connectivity index (χ3v) is 2.59. The first-order chi connectivity index (χ1) is 8.06. The first kappa shape index (κ1) is 13.7. The van der Waals surface area contributed by atoms with E-state index in [9.17, 15) is 4.79 Å². The van der Waals surface area contributed by atoms with E-state index in [0.29, 0.717) is 22.8 Å². The second-order valence-electron chi connectivity index (χ2n) is 3.33. The number of hydrogen-bond acceptors (Lipinski definition) is 3. The Morgan fingerprint density at radius 3 is 2.82 bits per heavy atom. The van der Waals surface area contributed by atoms with Crippen LogP contribution in [0, 0.1) is 0 Å². The summed E-state index contributed by atoms with van der Waals surface area (Å²) in [5.74, 6) is -0.0960. The topological polar surface area (TPSA) is 67.2 Å². The number of carbonyl (C=O) groups excluding carboxylic acids is 1. The van der Waals surface area contributed by atoms with Crippen molar-refractivity contribution < 1.29 is 4.79 Å². The van der Waals surface area contributed by atoms with Gasteiger partial charge in [0.2, 0.25) is 5.91 Å². The number of carbonyl (C=O) groups is 1. The Kier molecular flexibility index (Phi) is 5.18. The minimum absolute atomic E-state index is 0.0960. The second kappa shape index (κ2) is 6.42. The van der Waals surface area contributed by atoms with E-state index in [1.54, 1.807) is 18.2 Å². The number of thiocarbonyl (C=S) groups is 1. The zero-order valence-electron chi connectivity index (χ0n) is 9.42. The van der Waals surface area contributed by atoms with Gasteiger partial charge >= 0.3 is 0 Å². The summed E-state index contributed by atoms with van der Waals surface area (Å²) in [6, 6.07) is 5.25. The molecule has 1 aromatic rings. The van der Waals surface area contributed by atoms with Gasteiger partial charge in [-0.25, -0.2) is 0 Å². The fourth-order valence-electron chi connectivity index (χ4n) is 1.36. The molecule has 92 valence electrons. The fraction of sp³-hybridized carbons (Fsp3) is 0.273. The summed E-state index contributed by atoms with van der Waals surface area (Å²) in [5.41, 5.74) is 6.81. The molecule has 0 aliphatic carbocycles. The molecule has 0 atom stereocenters. The molecule has 1 aromatic carbocycles. The molecule has 0 heterocycles. The van der Waals surface area contributed by atoms with Crippen LogP contribution in [0.15, 0.2) is 18.2 Å². The number of anilines is 1. The van der Waals surface area contributed by atoms with Gasteiger partial charge in [-0.05, 0) is 19.1 Å². The van der Waals surface area contributed by atoms with Gasteiger partial charge in [0.05, 0.1) is 17.1 Å². The summed E-state index contributed by atoms with van der Waals surface area (Å²) in [6.07, 6.45) is 0. The van der Waals surface area contributed by atoms with Crippen molar-refractivity contribution in [2.75, 3.05) is 18.4 Å². The smallest absolute Gasteiger partial charge is 0.239 e. The Morgan fingerprint density at radius 2 is 2.24 bits per heavy atom. The minimum Gasteiger partial charge on any atom is -0.389 e. The third-order valence-electron chi connectivity index (χ3n) is 2.07. The van der Waals surface area contributed by atoms with E-state index >= 15 is 0 Å². The standard InChI is InChI=1S/C11H14ClN3OS/c1-2-14-9(16)6-15-8-5-3-4-7(12)10(8)11(13)17/h3-5,15H,2,6H2,1H3,(H2,13,17)(H,14,16). The molecule has 0 saturated heterocycles. The predicted molar refractivity (Wildman–Crippen MR) is 74.5 cm³/mol. The summed E-state index contributed by atoms with van der Waals surface area (Å²) < 4.78 is 0. The van der Waals surface area contributed by atoms with E-state index in [1.807, 2.05) is 6.92 Å². The normalized spacial score (nSPS) is 9.76. The van der Waals surface area contributed by atoms with E-state index in [-0.39, 0.29) is 17.4 Å². The maximum Gasteiger partial charge on any atom is 0.239 e. The summed E-state index contributed by atoms with van der Waals surface area (Å²) in [7, 11) is 0. The number of benzene rings is 1. The summed E-state index contributed by atoms with van der Waals surface area (Å²) in [4.78, 5) is 11.5. The van der Waals surface area contributed by atoms with Crippen molar-refractivity contribution in [1.29, 1.82) is 0 Å². The molecule has 0 saturated carbocycles. The minimum atomic E-state index is -0.0960. The van der Waals surface area contributed by atoms with Crippen LogP contribution in [0.5, 0.6) is 0 Å². The molecule has 17 heavy (non-hydrogen) atoms. The van der Waals surface area contributed by atoms with Gasteiger partial charge in [0.15, 0.2) is 0 Å². The summed E-state index contributed by atoms with van der Waals surface area (Å²) >= 11 is 10.9. The quantitative estimate of drug-likeness (QED) is 0.711. The van der Waals surface area contributed by atoms with Gasteiger partial charge in [-0.2, -0.15) is 0 Å². The Balaban J connectivity index is 2.81. The lowest BCUT2D eigenvalue weighted by Gasteiger charge is -2.12. The highest BCUT2D eigenvalue weighted by atomic mass is 35.5. The molecular weight excluding hydrogens is 258 g/mol. The molecular formula is C11H14ClN3OS. The number of hydrogen-bond donors (Lipinski definition) is 3. The average Bonchev–Trinajstić information content (AvgIpc) is 2.26. The van der Waals surface area contributed by atoms with Crippen molar-refractivity contribution >= 4 is 40.4 Å². The number of nitrogens with two attached hydrogens (primary N) is 1. The molecule has 4 nitrogen and oxygen atoms in total. The maximum atomic E-state index is 11.3. The SMILES string of the molecule is CCNC(=O)CNc1cccc(Cl)c1C(N)=S. The Morgan fingerprint density at radius 1 is 1.53 bits per heavy atom. The highest BCUT2D eigenvalue weighted by molar-refractivity contribution is 7.80. The number of rotatable bonds is 5. The first-order valence-electron chi connectivity index (χ1n) is 5.15. The number of likely N-dealkylation sites (N-methyl/N-ethyl adjacent to an activating group) is 1. The van der Waals surface area contributed by atoms with Crippen LogP contribution < -0.4 is 16.4 Å². The van der Waals surface area contributed by atoms with E-state index in [4.69, 9.17) is 29.6 Å². The zero-order chi connectivity index (χ0) is 12.8. The Hall–Kier alpha value is -1.33. The average molecular weight is 272 g/mol. The fourth-order valence-corrected chi connectivity index (χ4v) is 1.91. The predicted octanol–water partition coefficient (Wildman–Crippen LogP) is 1.52. The molecule has 1 amide bonds. The largest absolute Gasteiger partial charge is 0.389 e. The molecule has 1 rings (SSSR count). The molecule has 0 fully saturated rings.